The minimum atomic E-state index is 0.403. The van der Waals surface area contributed by atoms with Crippen molar-refractivity contribution in [2.24, 2.45) is 29.4 Å². The van der Waals surface area contributed by atoms with Crippen LogP contribution in [-0.4, -0.2) is 18.2 Å². The Morgan fingerprint density at radius 1 is 1.00 bits per heavy atom. The quantitative estimate of drug-likeness (QED) is 0.801. The Morgan fingerprint density at radius 2 is 1.82 bits per heavy atom. The second-order valence-electron chi connectivity index (χ2n) is 6.88. The van der Waals surface area contributed by atoms with Crippen LogP contribution in [0.25, 0.3) is 0 Å². The Hall–Kier alpha value is -0.0800. The van der Waals surface area contributed by atoms with Gasteiger partial charge in [0, 0.05) is 12.0 Å². The molecule has 3 aliphatic rings. The lowest BCUT2D eigenvalue weighted by Crippen LogP contribution is -2.44. The number of nitrogens with two attached hydrogens (primary N) is 1. The SMILES string of the molecule is CC1CCC(C(N)C2CC3CCC2O3)CC1C. The van der Waals surface area contributed by atoms with E-state index in [1.165, 1.54) is 38.5 Å². The van der Waals surface area contributed by atoms with E-state index in [0.29, 0.717) is 24.2 Å². The number of hydrogen-bond donors (Lipinski definition) is 1. The third-order valence-electron chi connectivity index (χ3n) is 5.83. The van der Waals surface area contributed by atoms with Crippen LogP contribution < -0.4 is 5.73 Å². The first-order valence-corrected chi connectivity index (χ1v) is 7.56. The molecule has 3 rings (SSSR count). The zero-order valence-corrected chi connectivity index (χ0v) is 11.3. The summed E-state index contributed by atoms with van der Waals surface area (Å²) in [6.07, 6.45) is 8.92. The highest BCUT2D eigenvalue weighted by atomic mass is 16.5. The van der Waals surface area contributed by atoms with Gasteiger partial charge in [-0.2, -0.15) is 0 Å². The van der Waals surface area contributed by atoms with Gasteiger partial charge >= 0.3 is 0 Å². The molecule has 2 N–H and O–H groups in total. The van der Waals surface area contributed by atoms with Crippen LogP contribution in [0.4, 0.5) is 0 Å². The molecule has 2 nitrogen and oxygen atoms in total. The molecule has 2 saturated heterocycles. The Labute approximate surface area is 105 Å². The molecule has 1 saturated carbocycles. The zero-order chi connectivity index (χ0) is 12.0. The standard InChI is InChI=1S/C15H27NO/c1-9-3-4-11(7-10(9)2)15(16)13-8-12-5-6-14(13)17-12/h9-15H,3-8,16H2,1-2H3. The lowest BCUT2D eigenvalue weighted by atomic mass is 9.69. The largest absolute Gasteiger partial charge is 0.375 e. The van der Waals surface area contributed by atoms with Gasteiger partial charge in [-0.3, -0.25) is 0 Å². The van der Waals surface area contributed by atoms with Crippen LogP contribution >= 0.6 is 0 Å². The van der Waals surface area contributed by atoms with Crippen LogP contribution in [-0.2, 0) is 4.74 Å². The van der Waals surface area contributed by atoms with Crippen molar-refractivity contribution in [3.8, 4) is 0 Å². The first-order valence-electron chi connectivity index (χ1n) is 7.56. The van der Waals surface area contributed by atoms with Crippen molar-refractivity contribution in [3.05, 3.63) is 0 Å². The lowest BCUT2D eigenvalue weighted by Gasteiger charge is -2.38. The molecule has 7 atom stereocenters. The number of rotatable bonds is 2. The molecule has 17 heavy (non-hydrogen) atoms. The fourth-order valence-electron chi connectivity index (χ4n) is 4.37. The van der Waals surface area contributed by atoms with Crippen molar-refractivity contribution in [2.75, 3.05) is 0 Å². The Kier molecular flexibility index (Phi) is 3.20. The highest BCUT2D eigenvalue weighted by Crippen LogP contribution is 2.44. The van der Waals surface area contributed by atoms with Crippen molar-refractivity contribution in [1.82, 2.24) is 0 Å². The van der Waals surface area contributed by atoms with Gasteiger partial charge in [-0.05, 0) is 49.9 Å². The fourth-order valence-corrected chi connectivity index (χ4v) is 4.37. The maximum Gasteiger partial charge on any atom is 0.0623 e. The van der Waals surface area contributed by atoms with E-state index >= 15 is 0 Å². The van der Waals surface area contributed by atoms with Crippen LogP contribution in [0, 0.1) is 23.7 Å². The van der Waals surface area contributed by atoms with Gasteiger partial charge in [0.05, 0.1) is 12.2 Å². The van der Waals surface area contributed by atoms with Crippen LogP contribution in [0.1, 0.15) is 52.4 Å². The van der Waals surface area contributed by atoms with Gasteiger partial charge < -0.3 is 10.5 Å². The van der Waals surface area contributed by atoms with Gasteiger partial charge in [0.1, 0.15) is 0 Å². The van der Waals surface area contributed by atoms with E-state index in [-0.39, 0.29) is 0 Å². The van der Waals surface area contributed by atoms with Crippen LogP contribution in [0.5, 0.6) is 0 Å². The van der Waals surface area contributed by atoms with E-state index in [9.17, 15) is 0 Å². The van der Waals surface area contributed by atoms with Crippen LogP contribution in [0.15, 0.2) is 0 Å². The number of ether oxygens (including phenoxy) is 1. The maximum absolute atomic E-state index is 6.57. The molecule has 2 heterocycles. The molecule has 0 spiro atoms. The zero-order valence-electron chi connectivity index (χ0n) is 11.3. The Morgan fingerprint density at radius 3 is 2.41 bits per heavy atom. The van der Waals surface area contributed by atoms with E-state index in [0.717, 1.165) is 17.8 Å². The number of fused-ring (bicyclic) bond motifs is 2. The molecule has 2 aliphatic heterocycles. The van der Waals surface area contributed by atoms with E-state index in [2.05, 4.69) is 13.8 Å². The van der Waals surface area contributed by atoms with Crippen molar-refractivity contribution in [3.63, 3.8) is 0 Å². The highest BCUT2D eigenvalue weighted by Gasteiger charge is 2.45. The summed E-state index contributed by atoms with van der Waals surface area (Å²) in [6.45, 7) is 4.80. The third kappa shape index (κ3) is 2.15. The summed E-state index contributed by atoms with van der Waals surface area (Å²) in [5.74, 6) is 3.18. The van der Waals surface area contributed by atoms with Crippen molar-refractivity contribution in [2.45, 2.75) is 70.6 Å². The smallest absolute Gasteiger partial charge is 0.0623 e. The van der Waals surface area contributed by atoms with E-state index in [4.69, 9.17) is 10.5 Å². The Bertz CT molecular complexity index is 280. The summed E-state index contributed by atoms with van der Waals surface area (Å²) in [4.78, 5) is 0. The number of hydrogen-bond acceptors (Lipinski definition) is 2. The molecule has 0 amide bonds. The lowest BCUT2D eigenvalue weighted by molar-refractivity contribution is 0.0760. The molecule has 0 aromatic carbocycles. The van der Waals surface area contributed by atoms with Crippen molar-refractivity contribution < 1.29 is 4.74 Å². The first kappa shape index (κ1) is 12.0. The second kappa shape index (κ2) is 4.55. The first-order chi connectivity index (χ1) is 8.15. The average Bonchev–Trinajstić information content (AvgIpc) is 2.93. The molecule has 0 aromatic rings. The van der Waals surface area contributed by atoms with Crippen LogP contribution in [0.3, 0.4) is 0 Å². The van der Waals surface area contributed by atoms with E-state index < -0.39 is 0 Å². The molecular weight excluding hydrogens is 210 g/mol. The summed E-state index contributed by atoms with van der Waals surface area (Å²) in [6, 6.07) is 0.403. The molecule has 0 aromatic heterocycles. The molecule has 3 fully saturated rings. The predicted octanol–water partition coefficient (Wildman–Crippen LogP) is 2.95. The molecule has 2 bridgehead atoms. The summed E-state index contributed by atoms with van der Waals surface area (Å²) in [5.41, 5.74) is 6.57. The average molecular weight is 237 g/mol. The minimum absolute atomic E-state index is 0.403. The molecular formula is C15H27NO. The Balaban J connectivity index is 1.61. The van der Waals surface area contributed by atoms with Crippen LogP contribution in [0.2, 0.25) is 0 Å². The van der Waals surface area contributed by atoms with Crippen molar-refractivity contribution in [1.29, 1.82) is 0 Å². The van der Waals surface area contributed by atoms with Gasteiger partial charge in [0.25, 0.3) is 0 Å². The molecule has 0 radical (unpaired) electrons. The molecule has 1 aliphatic carbocycles. The highest BCUT2D eigenvalue weighted by molar-refractivity contribution is 4.97. The summed E-state index contributed by atoms with van der Waals surface area (Å²) < 4.78 is 5.96. The predicted molar refractivity (Wildman–Crippen MR) is 69.6 cm³/mol. The van der Waals surface area contributed by atoms with Gasteiger partial charge in [-0.1, -0.05) is 20.3 Å². The third-order valence-corrected chi connectivity index (χ3v) is 5.83. The van der Waals surface area contributed by atoms with Crippen molar-refractivity contribution >= 4 is 0 Å². The van der Waals surface area contributed by atoms with Gasteiger partial charge in [-0.25, -0.2) is 0 Å². The minimum Gasteiger partial charge on any atom is -0.375 e. The molecule has 7 unspecified atom stereocenters. The van der Waals surface area contributed by atoms with E-state index in [1.807, 2.05) is 0 Å². The van der Waals surface area contributed by atoms with E-state index in [1.54, 1.807) is 0 Å². The summed E-state index contributed by atoms with van der Waals surface area (Å²) in [7, 11) is 0. The fraction of sp³-hybridized carbons (Fsp3) is 1.00. The second-order valence-corrected chi connectivity index (χ2v) is 6.88. The van der Waals surface area contributed by atoms with Gasteiger partial charge in [0.2, 0.25) is 0 Å². The normalized spacial score (nSPS) is 51.7. The topological polar surface area (TPSA) is 35.2 Å². The van der Waals surface area contributed by atoms with Gasteiger partial charge in [-0.15, -0.1) is 0 Å². The maximum atomic E-state index is 6.57. The molecule has 2 heteroatoms. The molecule has 98 valence electrons. The van der Waals surface area contributed by atoms with Gasteiger partial charge in [0.15, 0.2) is 0 Å². The summed E-state index contributed by atoms with van der Waals surface area (Å²) >= 11 is 0. The monoisotopic (exact) mass is 237 g/mol. The summed E-state index contributed by atoms with van der Waals surface area (Å²) in [5, 5.41) is 0.